The number of benzene rings is 2. The number of aryl methyl sites for hydroxylation is 1. The molecule has 0 radical (unpaired) electrons. The standard InChI is InChI=1S/C28H38F2N2O2/c1-3-5-6-7-11-27(34)32-25(17-21-15-23(29)18-24(30)16-21)26(33)19-31-28(12-13-28)22-10-8-9-20(4-2)14-22/h8-10,14-16,18,25-26,31,33H,3-7,11-13,17,19H2,1-2H3,(H,32,34). The maximum absolute atomic E-state index is 13.7. The highest BCUT2D eigenvalue weighted by molar-refractivity contribution is 5.76. The van der Waals surface area contributed by atoms with Crippen molar-refractivity contribution in [3.05, 3.63) is 70.8 Å². The summed E-state index contributed by atoms with van der Waals surface area (Å²) < 4.78 is 27.5. The number of carbonyl (C=O) groups excluding carboxylic acids is 1. The van der Waals surface area contributed by atoms with E-state index in [4.69, 9.17) is 0 Å². The second-order valence-corrected chi connectivity index (χ2v) is 9.55. The Kier molecular flexibility index (Phi) is 9.60. The number of hydrogen-bond donors (Lipinski definition) is 3. The van der Waals surface area contributed by atoms with Crippen molar-refractivity contribution in [2.75, 3.05) is 6.54 Å². The summed E-state index contributed by atoms with van der Waals surface area (Å²) >= 11 is 0. The molecule has 0 aromatic heterocycles. The number of nitrogens with one attached hydrogen (secondary N) is 2. The smallest absolute Gasteiger partial charge is 0.220 e. The van der Waals surface area contributed by atoms with E-state index in [0.717, 1.165) is 51.0 Å². The topological polar surface area (TPSA) is 61.4 Å². The molecular weight excluding hydrogens is 434 g/mol. The molecule has 6 heteroatoms. The Balaban J connectivity index is 1.66. The molecule has 2 unspecified atom stereocenters. The van der Waals surface area contributed by atoms with Gasteiger partial charge >= 0.3 is 0 Å². The Morgan fingerprint density at radius 1 is 1.03 bits per heavy atom. The Hall–Kier alpha value is -2.31. The fourth-order valence-electron chi connectivity index (χ4n) is 4.48. The zero-order valence-electron chi connectivity index (χ0n) is 20.4. The summed E-state index contributed by atoms with van der Waals surface area (Å²) in [5.74, 6) is -1.48. The Morgan fingerprint density at radius 3 is 2.41 bits per heavy atom. The molecule has 2 aromatic carbocycles. The first-order chi connectivity index (χ1) is 16.3. The molecule has 34 heavy (non-hydrogen) atoms. The van der Waals surface area contributed by atoms with Gasteiger partial charge in [0.05, 0.1) is 12.1 Å². The van der Waals surface area contributed by atoms with Gasteiger partial charge in [0, 0.05) is 24.6 Å². The van der Waals surface area contributed by atoms with Crippen LogP contribution in [0.25, 0.3) is 0 Å². The van der Waals surface area contributed by atoms with Crippen molar-refractivity contribution < 1.29 is 18.7 Å². The normalized spacial score (nSPS) is 16.1. The fraction of sp³-hybridized carbons (Fsp3) is 0.536. The van der Waals surface area contributed by atoms with Crippen molar-refractivity contribution >= 4 is 5.91 Å². The lowest BCUT2D eigenvalue weighted by atomic mass is 9.98. The Morgan fingerprint density at radius 2 is 1.76 bits per heavy atom. The van der Waals surface area contributed by atoms with Crippen LogP contribution in [0.4, 0.5) is 8.78 Å². The molecule has 0 heterocycles. The van der Waals surface area contributed by atoms with Crippen LogP contribution in [0.5, 0.6) is 0 Å². The molecule has 1 aliphatic carbocycles. The molecule has 1 fully saturated rings. The first kappa shape index (κ1) is 26.3. The van der Waals surface area contributed by atoms with Crippen LogP contribution in [0.15, 0.2) is 42.5 Å². The molecular formula is C28H38F2N2O2. The van der Waals surface area contributed by atoms with E-state index in [2.05, 4.69) is 48.7 Å². The first-order valence-corrected chi connectivity index (χ1v) is 12.6. The first-order valence-electron chi connectivity index (χ1n) is 12.6. The van der Waals surface area contributed by atoms with Gasteiger partial charge < -0.3 is 15.7 Å². The lowest BCUT2D eigenvalue weighted by molar-refractivity contribution is -0.122. The van der Waals surface area contributed by atoms with Crippen LogP contribution < -0.4 is 10.6 Å². The van der Waals surface area contributed by atoms with Crippen molar-refractivity contribution in [2.24, 2.45) is 0 Å². The molecule has 186 valence electrons. The van der Waals surface area contributed by atoms with E-state index < -0.39 is 23.8 Å². The van der Waals surface area contributed by atoms with Gasteiger partial charge in [-0.3, -0.25) is 4.79 Å². The third kappa shape index (κ3) is 7.60. The van der Waals surface area contributed by atoms with Crippen molar-refractivity contribution in [3.8, 4) is 0 Å². The van der Waals surface area contributed by atoms with Gasteiger partial charge in [-0.1, -0.05) is 57.4 Å². The van der Waals surface area contributed by atoms with E-state index >= 15 is 0 Å². The molecule has 2 aromatic rings. The van der Waals surface area contributed by atoms with Crippen LogP contribution in [0.1, 0.15) is 75.5 Å². The minimum Gasteiger partial charge on any atom is -0.390 e. The van der Waals surface area contributed by atoms with Crippen molar-refractivity contribution in [2.45, 2.75) is 89.3 Å². The summed E-state index contributed by atoms with van der Waals surface area (Å²) in [6, 6.07) is 11.2. The maximum atomic E-state index is 13.7. The summed E-state index contributed by atoms with van der Waals surface area (Å²) in [6.07, 6.45) is 6.47. The number of unbranched alkanes of at least 4 members (excludes halogenated alkanes) is 3. The highest BCUT2D eigenvalue weighted by Gasteiger charge is 2.44. The molecule has 3 rings (SSSR count). The molecule has 3 N–H and O–H groups in total. The van der Waals surface area contributed by atoms with E-state index in [1.54, 1.807) is 0 Å². The van der Waals surface area contributed by atoms with Crippen LogP contribution in [0.3, 0.4) is 0 Å². The van der Waals surface area contributed by atoms with Gasteiger partial charge in [-0.25, -0.2) is 8.78 Å². The van der Waals surface area contributed by atoms with Gasteiger partial charge in [-0.05, 0) is 60.9 Å². The van der Waals surface area contributed by atoms with Gasteiger partial charge in [0.2, 0.25) is 5.91 Å². The summed E-state index contributed by atoms with van der Waals surface area (Å²) in [5, 5.41) is 17.5. The highest BCUT2D eigenvalue weighted by atomic mass is 19.1. The predicted molar refractivity (Wildman–Crippen MR) is 131 cm³/mol. The summed E-state index contributed by atoms with van der Waals surface area (Å²) in [7, 11) is 0. The average Bonchev–Trinajstić information content (AvgIpc) is 3.60. The number of hydrogen-bond acceptors (Lipinski definition) is 3. The number of aliphatic hydroxyl groups excluding tert-OH is 1. The average molecular weight is 473 g/mol. The van der Waals surface area contributed by atoms with Crippen molar-refractivity contribution in [3.63, 3.8) is 0 Å². The van der Waals surface area contributed by atoms with E-state index in [-0.39, 0.29) is 24.4 Å². The van der Waals surface area contributed by atoms with Gasteiger partial charge in [-0.15, -0.1) is 0 Å². The molecule has 0 aliphatic heterocycles. The van der Waals surface area contributed by atoms with Crippen LogP contribution in [-0.2, 0) is 23.2 Å². The van der Waals surface area contributed by atoms with Crippen LogP contribution in [-0.4, -0.2) is 29.7 Å². The quantitative estimate of drug-likeness (QED) is 0.333. The highest BCUT2D eigenvalue weighted by Crippen LogP contribution is 2.45. The lowest BCUT2D eigenvalue weighted by Crippen LogP contribution is -2.50. The summed E-state index contributed by atoms with van der Waals surface area (Å²) in [4.78, 5) is 12.6. The summed E-state index contributed by atoms with van der Waals surface area (Å²) in [5.41, 5.74) is 2.73. The fourth-order valence-corrected chi connectivity index (χ4v) is 4.48. The number of halogens is 2. The van der Waals surface area contributed by atoms with Crippen LogP contribution in [0, 0.1) is 11.6 Å². The van der Waals surface area contributed by atoms with Gasteiger partial charge in [0.1, 0.15) is 11.6 Å². The predicted octanol–water partition coefficient (Wildman–Crippen LogP) is 5.16. The largest absolute Gasteiger partial charge is 0.390 e. The number of rotatable bonds is 14. The zero-order chi connectivity index (χ0) is 24.6. The van der Waals surface area contributed by atoms with Crippen LogP contribution in [0.2, 0.25) is 0 Å². The van der Waals surface area contributed by atoms with E-state index in [9.17, 15) is 18.7 Å². The van der Waals surface area contributed by atoms with E-state index in [1.807, 2.05) is 0 Å². The number of carbonyl (C=O) groups is 1. The minimum absolute atomic E-state index is 0.145. The second kappa shape index (κ2) is 12.4. The molecule has 1 aliphatic rings. The second-order valence-electron chi connectivity index (χ2n) is 9.55. The van der Waals surface area contributed by atoms with E-state index in [1.165, 1.54) is 23.3 Å². The number of aliphatic hydroxyl groups is 1. The molecule has 2 atom stereocenters. The lowest BCUT2D eigenvalue weighted by Gasteiger charge is -2.27. The molecule has 0 bridgehead atoms. The summed E-state index contributed by atoms with van der Waals surface area (Å²) in [6.45, 7) is 4.51. The van der Waals surface area contributed by atoms with Crippen molar-refractivity contribution in [1.29, 1.82) is 0 Å². The molecule has 0 spiro atoms. The monoisotopic (exact) mass is 472 g/mol. The maximum Gasteiger partial charge on any atom is 0.220 e. The van der Waals surface area contributed by atoms with Gasteiger partial charge in [-0.2, -0.15) is 0 Å². The third-order valence-corrected chi connectivity index (χ3v) is 6.73. The Bertz CT molecular complexity index is 926. The molecule has 4 nitrogen and oxygen atoms in total. The number of amides is 1. The van der Waals surface area contributed by atoms with Crippen molar-refractivity contribution in [1.82, 2.24) is 10.6 Å². The SMILES string of the molecule is CCCCCCC(=O)NC(Cc1cc(F)cc(F)c1)C(O)CNC1(c2cccc(CC)c2)CC1. The van der Waals surface area contributed by atoms with Gasteiger partial charge in [0.15, 0.2) is 0 Å². The molecule has 1 saturated carbocycles. The zero-order valence-corrected chi connectivity index (χ0v) is 20.4. The Labute approximate surface area is 202 Å². The third-order valence-electron chi connectivity index (χ3n) is 6.73. The molecule has 1 amide bonds. The van der Waals surface area contributed by atoms with Crippen LogP contribution >= 0.6 is 0 Å². The van der Waals surface area contributed by atoms with Gasteiger partial charge in [0.25, 0.3) is 0 Å². The van der Waals surface area contributed by atoms with E-state index in [0.29, 0.717) is 12.0 Å². The minimum atomic E-state index is -0.905. The molecule has 0 saturated heterocycles.